The fourth-order valence-electron chi connectivity index (χ4n) is 1.61. The van der Waals surface area contributed by atoms with Crippen LogP contribution in [0, 0.1) is 0 Å². The van der Waals surface area contributed by atoms with Crippen LogP contribution in [0.4, 0.5) is 0 Å². The van der Waals surface area contributed by atoms with Gasteiger partial charge >= 0.3 is 0 Å². The molecule has 1 aromatic heterocycles. The van der Waals surface area contributed by atoms with Gasteiger partial charge in [0.15, 0.2) is 0 Å². The molecule has 2 N–H and O–H groups in total. The lowest BCUT2D eigenvalue weighted by atomic mass is 10.2. The molecule has 1 atom stereocenters. The Bertz CT molecular complexity index is 349. The van der Waals surface area contributed by atoms with Crippen LogP contribution in [0.5, 0.6) is 0 Å². The van der Waals surface area contributed by atoms with Gasteiger partial charge in [-0.1, -0.05) is 6.92 Å². The summed E-state index contributed by atoms with van der Waals surface area (Å²) in [5.41, 5.74) is 0. The molecule has 3 nitrogen and oxygen atoms in total. The largest absolute Gasteiger partial charge is 0.356 e. The minimum Gasteiger partial charge on any atom is -0.356 e. The highest BCUT2D eigenvalue weighted by molar-refractivity contribution is 7.12. The molecule has 1 amide bonds. The molecule has 0 saturated heterocycles. The van der Waals surface area contributed by atoms with Gasteiger partial charge in [-0.15, -0.1) is 11.3 Å². The summed E-state index contributed by atoms with van der Waals surface area (Å²) in [5.74, 6) is 0.118. The molecule has 0 aliphatic heterocycles. The van der Waals surface area contributed by atoms with E-state index in [0.29, 0.717) is 19.0 Å². The average Bonchev–Trinajstić information content (AvgIpc) is 2.77. The quantitative estimate of drug-likeness (QED) is 0.785. The highest BCUT2D eigenvalue weighted by Gasteiger charge is 2.08. The molecule has 0 bridgehead atoms. The molecule has 0 aromatic carbocycles. The first-order valence-electron chi connectivity index (χ1n) is 6.26. The number of amides is 1. The lowest BCUT2D eigenvalue weighted by Crippen LogP contribution is -2.28. The van der Waals surface area contributed by atoms with Crippen molar-refractivity contribution in [3.8, 4) is 0 Å². The van der Waals surface area contributed by atoms with Crippen molar-refractivity contribution in [3.05, 3.63) is 21.9 Å². The smallest absolute Gasteiger partial charge is 0.221 e. The predicted octanol–water partition coefficient (Wildman–Crippen LogP) is 2.49. The molecule has 0 fully saturated rings. The SMILES string of the molecule is CCNC(=O)CCNC(C)c1ccc(CC)s1. The van der Waals surface area contributed by atoms with Gasteiger partial charge in [-0.2, -0.15) is 0 Å². The molecule has 0 aliphatic rings. The van der Waals surface area contributed by atoms with Crippen LogP contribution < -0.4 is 10.6 Å². The molecule has 17 heavy (non-hydrogen) atoms. The van der Waals surface area contributed by atoms with Crippen LogP contribution in [0.2, 0.25) is 0 Å². The first kappa shape index (κ1) is 14.2. The Kier molecular flexibility index (Phi) is 6.22. The number of hydrogen-bond donors (Lipinski definition) is 2. The van der Waals surface area contributed by atoms with Crippen molar-refractivity contribution in [2.45, 2.75) is 39.7 Å². The average molecular weight is 254 g/mol. The van der Waals surface area contributed by atoms with Crippen LogP contribution in [0.3, 0.4) is 0 Å². The molecule has 0 aliphatic carbocycles. The highest BCUT2D eigenvalue weighted by atomic mass is 32.1. The number of thiophene rings is 1. The maximum Gasteiger partial charge on any atom is 0.221 e. The Balaban J connectivity index is 2.29. The maximum atomic E-state index is 11.3. The summed E-state index contributed by atoms with van der Waals surface area (Å²) in [6, 6.07) is 4.68. The van der Waals surface area contributed by atoms with E-state index in [4.69, 9.17) is 0 Å². The van der Waals surface area contributed by atoms with Crippen molar-refractivity contribution < 1.29 is 4.79 Å². The minimum atomic E-state index is 0.118. The normalized spacial score (nSPS) is 12.4. The van der Waals surface area contributed by atoms with E-state index in [0.717, 1.165) is 13.0 Å². The highest BCUT2D eigenvalue weighted by Crippen LogP contribution is 2.23. The lowest BCUT2D eigenvalue weighted by Gasteiger charge is -2.11. The van der Waals surface area contributed by atoms with E-state index >= 15 is 0 Å². The van der Waals surface area contributed by atoms with Crippen LogP contribution >= 0.6 is 11.3 Å². The van der Waals surface area contributed by atoms with E-state index in [1.165, 1.54) is 9.75 Å². The molecule has 1 unspecified atom stereocenters. The van der Waals surface area contributed by atoms with E-state index < -0.39 is 0 Å². The van der Waals surface area contributed by atoms with Gasteiger partial charge in [0, 0.05) is 35.3 Å². The Labute approximate surface area is 108 Å². The molecular weight excluding hydrogens is 232 g/mol. The molecule has 1 heterocycles. The van der Waals surface area contributed by atoms with Crippen LogP contribution in [0.15, 0.2) is 12.1 Å². The van der Waals surface area contributed by atoms with Crippen LogP contribution in [0.25, 0.3) is 0 Å². The van der Waals surface area contributed by atoms with Gasteiger partial charge in [0.2, 0.25) is 5.91 Å². The third kappa shape index (κ3) is 4.88. The van der Waals surface area contributed by atoms with Crippen molar-refractivity contribution in [1.82, 2.24) is 10.6 Å². The monoisotopic (exact) mass is 254 g/mol. The molecule has 1 aromatic rings. The minimum absolute atomic E-state index is 0.118. The Morgan fingerprint density at radius 3 is 2.76 bits per heavy atom. The van der Waals surface area contributed by atoms with Gasteiger partial charge < -0.3 is 10.6 Å². The van der Waals surface area contributed by atoms with E-state index in [-0.39, 0.29) is 5.91 Å². The van der Waals surface area contributed by atoms with Crippen molar-refractivity contribution in [3.63, 3.8) is 0 Å². The number of rotatable bonds is 7. The Morgan fingerprint density at radius 1 is 1.41 bits per heavy atom. The van der Waals surface area contributed by atoms with Crippen molar-refractivity contribution in [1.29, 1.82) is 0 Å². The molecule has 96 valence electrons. The third-order valence-corrected chi connectivity index (χ3v) is 4.05. The molecule has 0 spiro atoms. The predicted molar refractivity (Wildman–Crippen MR) is 73.4 cm³/mol. The van der Waals surface area contributed by atoms with Gasteiger partial charge in [0.05, 0.1) is 0 Å². The van der Waals surface area contributed by atoms with E-state index in [1.807, 2.05) is 18.3 Å². The number of nitrogens with one attached hydrogen (secondary N) is 2. The zero-order valence-corrected chi connectivity index (χ0v) is 11.7. The fraction of sp³-hybridized carbons (Fsp3) is 0.615. The van der Waals surface area contributed by atoms with Crippen LogP contribution in [0.1, 0.15) is 43.0 Å². The first-order valence-corrected chi connectivity index (χ1v) is 7.07. The summed E-state index contributed by atoms with van der Waals surface area (Å²) in [7, 11) is 0. The number of carbonyl (C=O) groups excluding carboxylic acids is 1. The van der Waals surface area contributed by atoms with Crippen LogP contribution in [-0.4, -0.2) is 19.0 Å². The standard InChI is InChI=1S/C13H22N2OS/c1-4-11-6-7-12(17-11)10(3)15-9-8-13(16)14-5-2/h6-7,10,15H,4-5,8-9H2,1-3H3,(H,14,16). The molecule has 1 rings (SSSR count). The molecule has 4 heteroatoms. The first-order chi connectivity index (χ1) is 8.17. The summed E-state index contributed by atoms with van der Waals surface area (Å²) in [6.45, 7) is 7.68. The van der Waals surface area contributed by atoms with Crippen molar-refractivity contribution in [2.24, 2.45) is 0 Å². The van der Waals surface area contributed by atoms with Crippen molar-refractivity contribution in [2.75, 3.05) is 13.1 Å². The molecule has 0 saturated carbocycles. The summed E-state index contributed by atoms with van der Waals surface area (Å²) in [4.78, 5) is 14.0. The third-order valence-electron chi connectivity index (χ3n) is 2.63. The molecular formula is C13H22N2OS. The second kappa shape index (κ2) is 7.45. The topological polar surface area (TPSA) is 41.1 Å². The summed E-state index contributed by atoms with van der Waals surface area (Å²) in [5, 5.41) is 6.17. The van der Waals surface area contributed by atoms with Gasteiger partial charge in [0.25, 0.3) is 0 Å². The summed E-state index contributed by atoms with van der Waals surface area (Å²) < 4.78 is 0. The van der Waals surface area contributed by atoms with Crippen LogP contribution in [-0.2, 0) is 11.2 Å². The second-order valence-electron chi connectivity index (χ2n) is 4.04. The number of aryl methyl sites for hydroxylation is 1. The van der Waals surface area contributed by atoms with Gasteiger partial charge in [-0.25, -0.2) is 0 Å². The Morgan fingerprint density at radius 2 is 2.18 bits per heavy atom. The van der Waals surface area contributed by atoms with Crippen molar-refractivity contribution >= 4 is 17.2 Å². The van der Waals surface area contributed by atoms with E-state index in [1.54, 1.807) is 0 Å². The lowest BCUT2D eigenvalue weighted by molar-refractivity contribution is -0.120. The van der Waals surface area contributed by atoms with E-state index in [2.05, 4.69) is 36.6 Å². The second-order valence-corrected chi connectivity index (χ2v) is 5.24. The zero-order valence-electron chi connectivity index (χ0n) is 10.9. The maximum absolute atomic E-state index is 11.3. The number of hydrogen-bond acceptors (Lipinski definition) is 3. The Hall–Kier alpha value is -0.870. The number of carbonyl (C=O) groups is 1. The zero-order chi connectivity index (χ0) is 12.7. The molecule has 0 radical (unpaired) electrons. The van der Waals surface area contributed by atoms with E-state index in [9.17, 15) is 4.79 Å². The summed E-state index contributed by atoms with van der Waals surface area (Å²) in [6.07, 6.45) is 1.64. The fourth-order valence-corrected chi connectivity index (χ4v) is 2.58. The van der Waals surface area contributed by atoms with Gasteiger partial charge in [-0.3, -0.25) is 4.79 Å². The van der Waals surface area contributed by atoms with Gasteiger partial charge in [0.1, 0.15) is 0 Å². The summed E-state index contributed by atoms with van der Waals surface area (Å²) >= 11 is 1.85. The van der Waals surface area contributed by atoms with Gasteiger partial charge in [-0.05, 0) is 32.4 Å².